The number of anilines is 1. The second-order valence-electron chi connectivity index (χ2n) is 8.13. The van der Waals surface area contributed by atoms with Crippen LogP contribution in [0.2, 0.25) is 0 Å². The van der Waals surface area contributed by atoms with E-state index in [-0.39, 0.29) is 17.9 Å². The number of amides is 2. The average Bonchev–Trinajstić information content (AvgIpc) is 3.56. The first-order valence-corrected chi connectivity index (χ1v) is 10.5. The van der Waals surface area contributed by atoms with Crippen molar-refractivity contribution in [3.8, 4) is 11.5 Å². The highest BCUT2D eigenvalue weighted by atomic mass is 16.7. The van der Waals surface area contributed by atoms with Gasteiger partial charge in [-0.15, -0.1) is 10.2 Å². The number of hydrogen-bond donors (Lipinski definition) is 1. The van der Waals surface area contributed by atoms with Crippen LogP contribution in [-0.2, 0) is 19.2 Å². The molecular weight excluding hydrogens is 402 g/mol. The number of hydrogen-bond acceptors (Lipinski definition) is 8. The summed E-state index contributed by atoms with van der Waals surface area (Å²) < 4.78 is 10.7. The fraction of sp³-hybridized carbons (Fsp3) is 0.476. The molecule has 3 aliphatic heterocycles. The lowest BCUT2D eigenvalue weighted by atomic mass is 9.87. The summed E-state index contributed by atoms with van der Waals surface area (Å²) in [7, 11) is 0. The Hall–Kier alpha value is -3.27. The zero-order chi connectivity index (χ0) is 21.3. The topological polar surface area (TPSA) is 119 Å². The molecule has 1 aromatic heterocycles. The first-order valence-electron chi connectivity index (χ1n) is 10.5. The number of nitrogens with one attached hydrogen (secondary N) is 1. The van der Waals surface area contributed by atoms with E-state index in [9.17, 15) is 9.59 Å². The van der Waals surface area contributed by atoms with Crippen molar-refractivity contribution >= 4 is 23.2 Å². The number of aromatic nitrogens is 2. The van der Waals surface area contributed by atoms with Crippen LogP contribution in [-0.4, -0.2) is 64.0 Å². The van der Waals surface area contributed by atoms with Crippen molar-refractivity contribution in [1.82, 2.24) is 15.1 Å². The Morgan fingerprint density at radius 2 is 2.19 bits per heavy atom. The molecule has 31 heavy (non-hydrogen) atoms. The van der Waals surface area contributed by atoms with Gasteiger partial charge in [0, 0.05) is 30.8 Å². The van der Waals surface area contributed by atoms with E-state index in [2.05, 4.69) is 20.7 Å². The van der Waals surface area contributed by atoms with E-state index in [4.69, 9.17) is 14.0 Å². The summed E-state index contributed by atoms with van der Waals surface area (Å²) in [5, 5.41) is 14.5. The third-order valence-corrected chi connectivity index (χ3v) is 5.88. The zero-order valence-electron chi connectivity index (χ0n) is 17.0. The molecule has 1 spiro atoms. The highest BCUT2D eigenvalue weighted by molar-refractivity contribution is 6.43. The van der Waals surface area contributed by atoms with Gasteiger partial charge in [0.25, 0.3) is 11.8 Å². The maximum Gasteiger partial charge on any atom is 0.273 e. The Morgan fingerprint density at radius 3 is 3.00 bits per heavy atom. The highest BCUT2D eigenvalue weighted by Crippen LogP contribution is 2.34. The number of nitrogens with zero attached hydrogens (tertiary/aromatic N) is 4. The van der Waals surface area contributed by atoms with Crippen molar-refractivity contribution in [2.75, 3.05) is 25.0 Å². The van der Waals surface area contributed by atoms with Gasteiger partial charge in [-0.1, -0.05) is 11.2 Å². The van der Waals surface area contributed by atoms with Crippen molar-refractivity contribution in [2.24, 2.45) is 5.16 Å². The third-order valence-electron chi connectivity index (χ3n) is 5.88. The van der Waals surface area contributed by atoms with Gasteiger partial charge in [0.1, 0.15) is 11.8 Å². The molecule has 5 rings (SSSR count). The van der Waals surface area contributed by atoms with Gasteiger partial charge in [-0.3, -0.25) is 9.59 Å². The number of carbonyl (C=O) groups excluding carboxylic acids is 2. The Morgan fingerprint density at radius 1 is 1.26 bits per heavy atom. The van der Waals surface area contributed by atoms with Gasteiger partial charge in [0.05, 0.1) is 6.54 Å². The smallest absolute Gasteiger partial charge is 0.273 e. The molecule has 162 valence electrons. The minimum atomic E-state index is -0.648. The molecule has 2 unspecified atom stereocenters. The number of ether oxygens (including phenoxy) is 1. The second-order valence-corrected chi connectivity index (χ2v) is 8.13. The van der Waals surface area contributed by atoms with E-state index in [0.717, 1.165) is 25.7 Å². The molecule has 10 nitrogen and oxygen atoms in total. The number of oxime groups is 1. The van der Waals surface area contributed by atoms with Crippen molar-refractivity contribution in [2.45, 2.75) is 43.8 Å². The van der Waals surface area contributed by atoms with Crippen molar-refractivity contribution < 1.29 is 23.6 Å². The number of benzene rings is 1. The first kappa shape index (κ1) is 19.7. The van der Waals surface area contributed by atoms with E-state index >= 15 is 0 Å². The van der Waals surface area contributed by atoms with Crippen LogP contribution < -0.4 is 5.32 Å². The highest BCUT2D eigenvalue weighted by Gasteiger charge is 2.46. The minimum absolute atomic E-state index is 0.0101. The lowest BCUT2D eigenvalue weighted by Crippen LogP contribution is -2.53. The van der Waals surface area contributed by atoms with E-state index in [1.165, 1.54) is 6.39 Å². The van der Waals surface area contributed by atoms with Crippen LogP contribution in [0.3, 0.4) is 0 Å². The van der Waals surface area contributed by atoms with Gasteiger partial charge < -0.3 is 24.2 Å². The molecule has 1 aromatic carbocycles. The largest absolute Gasteiger partial charge is 0.423 e. The van der Waals surface area contributed by atoms with Crippen LogP contribution in [0.5, 0.6) is 0 Å². The molecule has 2 fully saturated rings. The van der Waals surface area contributed by atoms with Crippen LogP contribution in [0.1, 0.15) is 32.1 Å². The molecule has 1 N–H and O–H groups in total. The number of rotatable bonds is 4. The second kappa shape index (κ2) is 8.10. The molecule has 2 amide bonds. The Balaban J connectivity index is 1.22. The maximum atomic E-state index is 12.8. The van der Waals surface area contributed by atoms with Gasteiger partial charge in [-0.2, -0.15) is 0 Å². The average molecular weight is 425 g/mol. The third kappa shape index (κ3) is 4.02. The molecule has 4 heterocycles. The van der Waals surface area contributed by atoms with Crippen LogP contribution in [0, 0.1) is 0 Å². The fourth-order valence-corrected chi connectivity index (χ4v) is 4.36. The molecule has 0 aliphatic carbocycles. The van der Waals surface area contributed by atoms with E-state index in [1.807, 2.05) is 6.07 Å². The summed E-state index contributed by atoms with van der Waals surface area (Å²) in [4.78, 5) is 33.1. The predicted octanol–water partition coefficient (Wildman–Crippen LogP) is 1.99. The minimum Gasteiger partial charge on any atom is -0.423 e. The van der Waals surface area contributed by atoms with E-state index in [1.54, 1.807) is 23.1 Å². The number of carbonyl (C=O) groups is 2. The number of piperidine rings is 1. The van der Waals surface area contributed by atoms with Gasteiger partial charge in [0.15, 0.2) is 5.60 Å². The normalized spacial score (nSPS) is 25.4. The monoisotopic (exact) mass is 425 g/mol. The van der Waals surface area contributed by atoms with E-state index < -0.39 is 5.60 Å². The summed E-state index contributed by atoms with van der Waals surface area (Å²) in [5.41, 5.74) is 0.954. The van der Waals surface area contributed by atoms with E-state index in [0.29, 0.717) is 49.0 Å². The molecule has 2 atom stereocenters. The Kier molecular flexibility index (Phi) is 5.14. The molecule has 0 radical (unpaired) electrons. The summed E-state index contributed by atoms with van der Waals surface area (Å²) >= 11 is 0. The fourth-order valence-electron chi connectivity index (χ4n) is 4.36. The summed E-state index contributed by atoms with van der Waals surface area (Å²) in [6.07, 6.45) is 4.47. The number of likely N-dealkylation sites (tertiary alicyclic amines) is 1. The maximum absolute atomic E-state index is 12.8. The first-order chi connectivity index (χ1) is 15.1. The standard InChI is InChI=1S/C21H23N5O5/c27-18(23-15-5-1-4-14(10-15)19-24-22-13-30-19)16-11-21(31-25-16)7-3-8-26(12-21)20(28)17-6-2-9-29-17/h1,4-5,10,13,17H,2-3,6-9,11-12H2,(H,23,27). The molecule has 10 heteroatoms. The van der Waals surface area contributed by atoms with Gasteiger partial charge in [-0.25, -0.2) is 0 Å². The zero-order valence-corrected chi connectivity index (χ0v) is 17.0. The molecular formula is C21H23N5O5. The predicted molar refractivity (Wildman–Crippen MR) is 109 cm³/mol. The van der Waals surface area contributed by atoms with Gasteiger partial charge in [-0.05, 0) is 43.9 Å². The van der Waals surface area contributed by atoms with Crippen molar-refractivity contribution in [3.05, 3.63) is 30.7 Å². The van der Waals surface area contributed by atoms with Crippen LogP contribution >= 0.6 is 0 Å². The summed E-state index contributed by atoms with van der Waals surface area (Å²) in [6, 6.07) is 7.13. The van der Waals surface area contributed by atoms with Crippen molar-refractivity contribution in [1.29, 1.82) is 0 Å². The lowest BCUT2D eigenvalue weighted by molar-refractivity contribution is -0.149. The van der Waals surface area contributed by atoms with Crippen LogP contribution in [0.15, 0.2) is 40.2 Å². The van der Waals surface area contributed by atoms with Crippen molar-refractivity contribution in [3.63, 3.8) is 0 Å². The Bertz CT molecular complexity index is 1000. The quantitative estimate of drug-likeness (QED) is 0.795. The van der Waals surface area contributed by atoms with Crippen LogP contribution in [0.4, 0.5) is 5.69 Å². The summed E-state index contributed by atoms with van der Waals surface area (Å²) in [5.74, 6) is 0.0489. The summed E-state index contributed by atoms with van der Waals surface area (Å²) in [6.45, 7) is 1.72. The molecule has 3 aliphatic rings. The van der Waals surface area contributed by atoms with Gasteiger partial charge >= 0.3 is 0 Å². The molecule has 2 saturated heterocycles. The molecule has 2 aromatic rings. The SMILES string of the molecule is O=C(Nc1cccc(-c2nnco2)c1)C1=NOC2(CCCN(C(=O)C3CCCO3)C2)C1. The van der Waals surface area contributed by atoms with Crippen LogP contribution in [0.25, 0.3) is 11.5 Å². The molecule has 0 bridgehead atoms. The Labute approximate surface area is 178 Å². The molecule has 0 saturated carbocycles. The lowest BCUT2D eigenvalue weighted by Gasteiger charge is -2.39. The van der Waals surface area contributed by atoms with Gasteiger partial charge in [0.2, 0.25) is 12.3 Å².